The zero-order chi connectivity index (χ0) is 22.8. The highest BCUT2D eigenvalue weighted by Gasteiger charge is 2.23. The van der Waals surface area contributed by atoms with Crippen LogP contribution in [0, 0.1) is 5.82 Å². The average molecular weight is 446 g/mol. The molecule has 2 atom stereocenters. The van der Waals surface area contributed by atoms with E-state index in [1.807, 2.05) is 42.5 Å². The molecule has 1 N–H and O–H groups in total. The number of fused-ring (bicyclic) bond motifs is 1. The summed E-state index contributed by atoms with van der Waals surface area (Å²) >= 11 is 0. The van der Waals surface area contributed by atoms with Gasteiger partial charge in [0.15, 0.2) is 0 Å². The number of ether oxygens (including phenoxy) is 2. The van der Waals surface area contributed by atoms with Gasteiger partial charge in [-0.3, -0.25) is 0 Å². The number of hydrogen-bond acceptors (Lipinski definition) is 5. The molecule has 1 aliphatic heterocycles. The third kappa shape index (κ3) is 4.82. The Morgan fingerprint density at radius 3 is 2.70 bits per heavy atom. The summed E-state index contributed by atoms with van der Waals surface area (Å²) in [7, 11) is 0. The summed E-state index contributed by atoms with van der Waals surface area (Å²) in [6.07, 6.45) is 0.192. The Labute approximate surface area is 190 Å². The van der Waals surface area contributed by atoms with Crippen molar-refractivity contribution in [2.45, 2.75) is 31.7 Å². The van der Waals surface area contributed by atoms with Crippen molar-refractivity contribution in [1.82, 2.24) is 0 Å². The van der Waals surface area contributed by atoms with E-state index in [9.17, 15) is 14.3 Å². The van der Waals surface area contributed by atoms with Crippen LogP contribution >= 0.6 is 0 Å². The molecule has 5 rings (SSSR count). The smallest absolute Gasteiger partial charge is 0.336 e. The van der Waals surface area contributed by atoms with Gasteiger partial charge in [0.05, 0.1) is 12.2 Å². The van der Waals surface area contributed by atoms with Gasteiger partial charge in [-0.15, -0.1) is 0 Å². The normalized spacial score (nSPS) is 18.4. The largest absolute Gasteiger partial charge is 0.489 e. The van der Waals surface area contributed by atoms with Crippen molar-refractivity contribution in [3.63, 3.8) is 0 Å². The fourth-order valence-corrected chi connectivity index (χ4v) is 4.19. The Bertz CT molecular complexity index is 1330. The Balaban J connectivity index is 1.39. The zero-order valence-corrected chi connectivity index (χ0v) is 17.9. The Morgan fingerprint density at radius 2 is 1.88 bits per heavy atom. The van der Waals surface area contributed by atoms with Gasteiger partial charge >= 0.3 is 5.63 Å². The van der Waals surface area contributed by atoms with E-state index in [-0.39, 0.29) is 12.7 Å². The summed E-state index contributed by atoms with van der Waals surface area (Å²) < 4.78 is 31.2. The molecule has 4 aromatic rings. The summed E-state index contributed by atoms with van der Waals surface area (Å²) in [6, 6.07) is 21.2. The molecule has 33 heavy (non-hydrogen) atoms. The summed E-state index contributed by atoms with van der Waals surface area (Å²) in [6.45, 7) is 0.609. The van der Waals surface area contributed by atoms with Gasteiger partial charge in [-0.25, -0.2) is 9.18 Å². The van der Waals surface area contributed by atoms with E-state index in [1.54, 1.807) is 12.1 Å². The van der Waals surface area contributed by atoms with E-state index in [4.69, 9.17) is 13.9 Å². The SMILES string of the molecule is O=c1cc(-c2ccccc2)c2ccc(COc3cc(F)cc(C4CC(O)CCO4)c3)cc2o1. The molecule has 6 heteroatoms. The maximum absolute atomic E-state index is 14.2. The van der Waals surface area contributed by atoms with Gasteiger partial charge in [0.25, 0.3) is 0 Å². The molecule has 1 saturated heterocycles. The molecule has 1 fully saturated rings. The van der Waals surface area contributed by atoms with Crippen molar-refractivity contribution < 1.29 is 23.4 Å². The van der Waals surface area contributed by atoms with Crippen LogP contribution in [0.15, 0.2) is 82.0 Å². The second kappa shape index (κ2) is 9.17. The molecule has 2 heterocycles. The first kappa shape index (κ1) is 21.4. The molecule has 3 aromatic carbocycles. The fraction of sp³-hybridized carbons (Fsp3) is 0.222. The monoisotopic (exact) mass is 446 g/mol. The van der Waals surface area contributed by atoms with E-state index in [1.165, 1.54) is 18.2 Å². The highest BCUT2D eigenvalue weighted by atomic mass is 19.1. The number of benzene rings is 3. The summed E-state index contributed by atoms with van der Waals surface area (Å²) in [5.41, 5.74) is 3.20. The van der Waals surface area contributed by atoms with Crippen molar-refractivity contribution in [2.75, 3.05) is 6.61 Å². The minimum absolute atomic E-state index is 0.173. The first-order chi connectivity index (χ1) is 16.0. The van der Waals surface area contributed by atoms with Crippen molar-refractivity contribution in [3.8, 4) is 16.9 Å². The topological polar surface area (TPSA) is 68.9 Å². The number of aliphatic hydroxyl groups is 1. The Morgan fingerprint density at radius 1 is 1.03 bits per heavy atom. The first-order valence-corrected chi connectivity index (χ1v) is 10.9. The summed E-state index contributed by atoms with van der Waals surface area (Å²) in [4.78, 5) is 12.1. The van der Waals surface area contributed by atoms with Gasteiger partial charge in [0.2, 0.25) is 0 Å². The van der Waals surface area contributed by atoms with Crippen LogP contribution in [0.1, 0.15) is 30.1 Å². The fourth-order valence-electron chi connectivity index (χ4n) is 4.19. The lowest BCUT2D eigenvalue weighted by atomic mass is 9.99. The van der Waals surface area contributed by atoms with Gasteiger partial charge in [0.1, 0.15) is 23.8 Å². The number of rotatable bonds is 5. The predicted octanol–water partition coefficient (Wildman–Crippen LogP) is 5.39. The molecule has 1 aliphatic rings. The van der Waals surface area contributed by atoms with Crippen LogP contribution in [-0.2, 0) is 11.3 Å². The van der Waals surface area contributed by atoms with Crippen molar-refractivity contribution in [3.05, 3.63) is 100 Å². The maximum atomic E-state index is 14.2. The molecular weight excluding hydrogens is 423 g/mol. The molecule has 0 amide bonds. The first-order valence-electron chi connectivity index (χ1n) is 10.9. The maximum Gasteiger partial charge on any atom is 0.336 e. The molecule has 168 valence electrons. The average Bonchev–Trinajstić information content (AvgIpc) is 2.82. The van der Waals surface area contributed by atoms with Crippen molar-refractivity contribution in [1.29, 1.82) is 0 Å². The molecule has 1 aromatic heterocycles. The highest BCUT2D eigenvalue weighted by molar-refractivity contribution is 5.93. The molecule has 0 bridgehead atoms. The van der Waals surface area contributed by atoms with E-state index in [0.29, 0.717) is 36.3 Å². The molecule has 5 nitrogen and oxygen atoms in total. The summed E-state index contributed by atoms with van der Waals surface area (Å²) in [5, 5.41) is 10.7. The number of halogens is 1. The number of aliphatic hydroxyl groups excluding tert-OH is 1. The Hall–Kier alpha value is -3.48. The van der Waals surface area contributed by atoms with Gasteiger partial charge in [-0.05, 0) is 46.9 Å². The standard InChI is InChI=1S/C27H23FO5/c28-20-11-19(25-14-21(29)8-9-31-25)12-22(13-20)32-16-17-6-7-23-24(18-4-2-1-3-5-18)15-27(30)33-26(23)10-17/h1-7,10-13,15,21,25,29H,8-9,14,16H2. The van der Waals surface area contributed by atoms with E-state index in [2.05, 4.69) is 0 Å². The second-order valence-corrected chi connectivity index (χ2v) is 8.22. The van der Waals surface area contributed by atoms with Crippen LogP contribution in [-0.4, -0.2) is 17.8 Å². The Kier molecular flexibility index (Phi) is 5.94. The lowest BCUT2D eigenvalue weighted by Gasteiger charge is -2.27. The van der Waals surface area contributed by atoms with Crippen LogP contribution < -0.4 is 10.4 Å². The van der Waals surface area contributed by atoms with Crippen LogP contribution in [0.2, 0.25) is 0 Å². The highest BCUT2D eigenvalue weighted by Crippen LogP contribution is 2.32. The molecule has 0 aliphatic carbocycles. The van der Waals surface area contributed by atoms with Gasteiger partial charge < -0.3 is 19.0 Å². The van der Waals surface area contributed by atoms with Crippen molar-refractivity contribution in [2.24, 2.45) is 0 Å². The lowest BCUT2D eigenvalue weighted by molar-refractivity contribution is -0.0449. The third-order valence-corrected chi connectivity index (χ3v) is 5.82. The quantitative estimate of drug-likeness (QED) is 0.416. The number of hydrogen-bond donors (Lipinski definition) is 1. The van der Waals surface area contributed by atoms with Gasteiger partial charge in [-0.1, -0.05) is 42.5 Å². The van der Waals surface area contributed by atoms with Crippen LogP contribution in [0.25, 0.3) is 22.1 Å². The van der Waals surface area contributed by atoms with Gasteiger partial charge in [-0.2, -0.15) is 0 Å². The summed E-state index contributed by atoms with van der Waals surface area (Å²) in [5.74, 6) is -0.0589. The minimum Gasteiger partial charge on any atom is -0.489 e. The van der Waals surface area contributed by atoms with Crippen LogP contribution in [0.3, 0.4) is 0 Å². The van der Waals surface area contributed by atoms with E-state index in [0.717, 1.165) is 22.1 Å². The van der Waals surface area contributed by atoms with Crippen LogP contribution in [0.5, 0.6) is 5.75 Å². The predicted molar refractivity (Wildman–Crippen MR) is 123 cm³/mol. The molecule has 0 saturated carbocycles. The zero-order valence-electron chi connectivity index (χ0n) is 17.9. The molecule has 0 radical (unpaired) electrons. The molecular formula is C27H23FO5. The minimum atomic E-state index is -0.454. The van der Waals surface area contributed by atoms with Gasteiger partial charge in [0, 0.05) is 30.5 Å². The third-order valence-electron chi connectivity index (χ3n) is 5.82. The molecule has 0 spiro atoms. The lowest BCUT2D eigenvalue weighted by Crippen LogP contribution is -2.23. The van der Waals surface area contributed by atoms with E-state index < -0.39 is 17.5 Å². The van der Waals surface area contributed by atoms with Crippen molar-refractivity contribution >= 4 is 11.0 Å². The molecule has 2 unspecified atom stereocenters. The second-order valence-electron chi connectivity index (χ2n) is 8.22. The van der Waals surface area contributed by atoms with Crippen LogP contribution in [0.4, 0.5) is 4.39 Å². The van der Waals surface area contributed by atoms with E-state index >= 15 is 0 Å².